The first kappa shape index (κ1) is 16.5. The zero-order chi connectivity index (χ0) is 16.8. The topological polar surface area (TPSA) is 54.5 Å². The first-order valence-electron chi connectivity index (χ1n) is 8.42. The lowest BCUT2D eigenvalue weighted by Crippen LogP contribution is -2.36. The first-order valence-corrected chi connectivity index (χ1v) is 8.42. The van der Waals surface area contributed by atoms with E-state index < -0.39 is 0 Å². The minimum Gasteiger partial charge on any atom is -0.378 e. The molecule has 5 nitrogen and oxygen atoms in total. The third kappa shape index (κ3) is 3.92. The first-order chi connectivity index (χ1) is 11.8. The van der Waals surface area contributed by atoms with Gasteiger partial charge in [0.05, 0.1) is 31.0 Å². The quantitative estimate of drug-likeness (QED) is 0.918. The van der Waals surface area contributed by atoms with Crippen molar-refractivity contribution < 1.29 is 9.53 Å². The Morgan fingerprint density at radius 2 is 1.96 bits per heavy atom. The van der Waals surface area contributed by atoms with Crippen LogP contribution in [0.15, 0.2) is 48.7 Å². The van der Waals surface area contributed by atoms with Crippen LogP contribution in [0.1, 0.15) is 24.8 Å². The number of pyridine rings is 1. The molecule has 1 saturated heterocycles. The third-order valence-electron chi connectivity index (χ3n) is 4.28. The van der Waals surface area contributed by atoms with Gasteiger partial charge < -0.3 is 15.0 Å². The van der Waals surface area contributed by atoms with E-state index in [0.29, 0.717) is 0 Å². The van der Waals surface area contributed by atoms with Crippen LogP contribution in [0.4, 0.5) is 11.5 Å². The van der Waals surface area contributed by atoms with E-state index in [-0.39, 0.29) is 11.8 Å². The summed E-state index contributed by atoms with van der Waals surface area (Å²) < 4.78 is 5.35. The second-order valence-electron chi connectivity index (χ2n) is 5.87. The molecule has 2 aromatic rings. The fourth-order valence-corrected chi connectivity index (χ4v) is 2.93. The summed E-state index contributed by atoms with van der Waals surface area (Å²) in [5.74, 6) is 0.779. The molecule has 1 unspecified atom stereocenters. The van der Waals surface area contributed by atoms with E-state index in [0.717, 1.165) is 49.8 Å². The maximum atomic E-state index is 12.6. The van der Waals surface area contributed by atoms with Gasteiger partial charge in [-0.2, -0.15) is 0 Å². The van der Waals surface area contributed by atoms with E-state index in [9.17, 15) is 4.79 Å². The fraction of sp³-hybridized carbons (Fsp3) is 0.368. The van der Waals surface area contributed by atoms with Gasteiger partial charge in [-0.3, -0.25) is 4.79 Å². The highest BCUT2D eigenvalue weighted by Crippen LogP contribution is 2.22. The van der Waals surface area contributed by atoms with Crippen LogP contribution in [-0.2, 0) is 9.53 Å². The molecule has 1 aromatic heterocycles. The summed E-state index contributed by atoms with van der Waals surface area (Å²) in [6.07, 6.45) is 2.48. The van der Waals surface area contributed by atoms with Crippen molar-refractivity contribution in [1.82, 2.24) is 4.98 Å². The SMILES string of the molecule is CCC(C(=O)Nc1ccc(N2CCOCC2)nc1)c1ccccc1. The number of amides is 1. The van der Waals surface area contributed by atoms with Gasteiger partial charge in [-0.25, -0.2) is 4.98 Å². The van der Waals surface area contributed by atoms with Gasteiger partial charge in [0.1, 0.15) is 5.82 Å². The maximum Gasteiger partial charge on any atom is 0.231 e. The Labute approximate surface area is 142 Å². The molecular formula is C19H23N3O2. The molecule has 1 aliphatic heterocycles. The van der Waals surface area contributed by atoms with Crippen molar-refractivity contribution in [2.45, 2.75) is 19.3 Å². The molecular weight excluding hydrogens is 302 g/mol. The number of nitrogens with zero attached hydrogens (tertiary/aromatic N) is 2. The summed E-state index contributed by atoms with van der Waals surface area (Å²) in [4.78, 5) is 19.2. The standard InChI is InChI=1S/C19H23N3O2/c1-2-17(15-6-4-3-5-7-15)19(23)21-16-8-9-18(20-14-16)22-10-12-24-13-11-22/h3-9,14,17H,2,10-13H2,1H3,(H,21,23). The summed E-state index contributed by atoms with van der Waals surface area (Å²) >= 11 is 0. The largest absolute Gasteiger partial charge is 0.378 e. The molecule has 1 atom stereocenters. The number of carbonyl (C=O) groups excluding carboxylic acids is 1. The van der Waals surface area contributed by atoms with Crippen molar-refractivity contribution in [2.24, 2.45) is 0 Å². The Morgan fingerprint density at radius 1 is 1.21 bits per heavy atom. The smallest absolute Gasteiger partial charge is 0.231 e. The molecule has 1 aromatic carbocycles. The Balaban J connectivity index is 1.65. The highest BCUT2D eigenvalue weighted by molar-refractivity contribution is 5.95. The van der Waals surface area contributed by atoms with E-state index in [2.05, 4.69) is 15.2 Å². The van der Waals surface area contributed by atoms with Gasteiger partial charge in [0.2, 0.25) is 5.91 Å². The summed E-state index contributed by atoms with van der Waals surface area (Å²) in [5.41, 5.74) is 1.77. The molecule has 1 N–H and O–H groups in total. The molecule has 0 spiro atoms. The molecule has 1 fully saturated rings. The van der Waals surface area contributed by atoms with Crippen LogP contribution in [0.5, 0.6) is 0 Å². The summed E-state index contributed by atoms with van der Waals surface area (Å²) in [5, 5.41) is 2.98. The maximum absolute atomic E-state index is 12.6. The second kappa shape index (κ2) is 7.93. The number of benzene rings is 1. The number of hydrogen-bond donors (Lipinski definition) is 1. The van der Waals surface area contributed by atoms with Crippen LogP contribution in [-0.4, -0.2) is 37.2 Å². The van der Waals surface area contributed by atoms with E-state index in [4.69, 9.17) is 4.74 Å². The third-order valence-corrected chi connectivity index (χ3v) is 4.28. The Morgan fingerprint density at radius 3 is 2.58 bits per heavy atom. The highest BCUT2D eigenvalue weighted by Gasteiger charge is 2.19. The molecule has 1 aliphatic rings. The molecule has 0 bridgehead atoms. The van der Waals surface area contributed by atoms with Gasteiger partial charge in [-0.05, 0) is 24.1 Å². The molecule has 24 heavy (non-hydrogen) atoms. The molecule has 0 saturated carbocycles. The van der Waals surface area contributed by atoms with E-state index in [1.165, 1.54) is 0 Å². The number of ether oxygens (including phenoxy) is 1. The van der Waals surface area contributed by atoms with Gasteiger partial charge in [0, 0.05) is 13.1 Å². The number of carbonyl (C=O) groups is 1. The number of rotatable bonds is 5. The molecule has 1 amide bonds. The Hall–Kier alpha value is -2.40. The Bertz CT molecular complexity index is 652. The lowest BCUT2D eigenvalue weighted by Gasteiger charge is -2.27. The van der Waals surface area contributed by atoms with Crippen molar-refractivity contribution in [1.29, 1.82) is 0 Å². The monoisotopic (exact) mass is 325 g/mol. The fourth-order valence-electron chi connectivity index (χ4n) is 2.93. The van der Waals surface area contributed by atoms with Gasteiger partial charge in [0.15, 0.2) is 0 Å². The van der Waals surface area contributed by atoms with Gasteiger partial charge in [-0.15, -0.1) is 0 Å². The van der Waals surface area contributed by atoms with Crippen LogP contribution in [0.3, 0.4) is 0 Å². The van der Waals surface area contributed by atoms with Gasteiger partial charge in [0.25, 0.3) is 0 Å². The van der Waals surface area contributed by atoms with Crippen LogP contribution in [0, 0.1) is 0 Å². The van der Waals surface area contributed by atoms with Crippen LogP contribution < -0.4 is 10.2 Å². The molecule has 126 valence electrons. The average Bonchev–Trinajstić information content (AvgIpc) is 2.64. The van der Waals surface area contributed by atoms with Crippen molar-refractivity contribution in [3.63, 3.8) is 0 Å². The predicted octanol–water partition coefficient (Wildman–Crippen LogP) is 3.05. The summed E-state index contributed by atoms with van der Waals surface area (Å²) in [6, 6.07) is 13.7. The summed E-state index contributed by atoms with van der Waals surface area (Å²) in [6.45, 7) is 5.19. The lowest BCUT2D eigenvalue weighted by molar-refractivity contribution is -0.117. The van der Waals surface area contributed by atoms with Crippen molar-refractivity contribution in [2.75, 3.05) is 36.5 Å². The lowest BCUT2D eigenvalue weighted by atomic mass is 9.95. The van der Waals surface area contributed by atoms with Crippen LogP contribution >= 0.6 is 0 Å². The molecule has 5 heteroatoms. The zero-order valence-electron chi connectivity index (χ0n) is 13.9. The number of morpholine rings is 1. The number of aromatic nitrogens is 1. The van der Waals surface area contributed by atoms with E-state index in [1.54, 1.807) is 6.20 Å². The minimum atomic E-state index is -0.148. The molecule has 0 radical (unpaired) electrons. The Kier molecular flexibility index (Phi) is 5.43. The minimum absolute atomic E-state index is 0.00428. The number of anilines is 2. The van der Waals surface area contributed by atoms with E-state index >= 15 is 0 Å². The van der Waals surface area contributed by atoms with E-state index in [1.807, 2.05) is 49.4 Å². The second-order valence-corrected chi connectivity index (χ2v) is 5.87. The van der Waals surface area contributed by atoms with Gasteiger partial charge in [-0.1, -0.05) is 37.3 Å². The van der Waals surface area contributed by atoms with Gasteiger partial charge >= 0.3 is 0 Å². The van der Waals surface area contributed by atoms with Crippen LogP contribution in [0.2, 0.25) is 0 Å². The van der Waals surface area contributed by atoms with Crippen molar-refractivity contribution in [3.8, 4) is 0 Å². The molecule has 3 rings (SSSR count). The zero-order valence-corrected chi connectivity index (χ0v) is 13.9. The number of hydrogen-bond acceptors (Lipinski definition) is 4. The average molecular weight is 325 g/mol. The summed E-state index contributed by atoms with van der Waals surface area (Å²) in [7, 11) is 0. The molecule has 2 heterocycles. The predicted molar refractivity (Wildman–Crippen MR) is 95.4 cm³/mol. The number of nitrogens with one attached hydrogen (secondary N) is 1. The van der Waals surface area contributed by atoms with Crippen molar-refractivity contribution >= 4 is 17.4 Å². The molecule has 0 aliphatic carbocycles. The van der Waals surface area contributed by atoms with Crippen molar-refractivity contribution in [3.05, 3.63) is 54.2 Å². The van der Waals surface area contributed by atoms with Crippen LogP contribution in [0.25, 0.3) is 0 Å². The highest BCUT2D eigenvalue weighted by atomic mass is 16.5. The normalized spacial score (nSPS) is 15.8.